The SMILES string of the molecule is CCCCC(C(=O)O)[n+]1c(C)oc2ccccc21.[Br-]. The lowest BCUT2D eigenvalue weighted by molar-refractivity contribution is -0.697. The van der Waals surface area contributed by atoms with Gasteiger partial charge in [0.15, 0.2) is 0 Å². The highest BCUT2D eigenvalue weighted by atomic mass is 79.9. The number of fused-ring (bicyclic) bond motifs is 1. The van der Waals surface area contributed by atoms with Gasteiger partial charge in [0.05, 0.1) is 6.92 Å². The van der Waals surface area contributed by atoms with Crippen molar-refractivity contribution in [3.8, 4) is 0 Å². The fourth-order valence-electron chi connectivity index (χ4n) is 2.27. The maximum Gasteiger partial charge on any atom is 0.373 e. The summed E-state index contributed by atoms with van der Waals surface area (Å²) in [5, 5.41) is 9.39. The molecule has 19 heavy (non-hydrogen) atoms. The van der Waals surface area contributed by atoms with Gasteiger partial charge in [0, 0.05) is 12.5 Å². The Morgan fingerprint density at radius 2 is 2.11 bits per heavy atom. The third kappa shape index (κ3) is 3.15. The van der Waals surface area contributed by atoms with Gasteiger partial charge in [-0.3, -0.25) is 0 Å². The van der Waals surface area contributed by atoms with Crippen LogP contribution in [0.4, 0.5) is 0 Å². The standard InChI is InChI=1S/C14H17NO3.BrH/c1-3-4-7-12(14(16)17)15-10(2)18-13-9-6-5-8-11(13)15;/h5-6,8-9,12H,3-4,7H2,1-2H3;1H. The van der Waals surface area contributed by atoms with Gasteiger partial charge in [-0.25, -0.2) is 4.79 Å². The summed E-state index contributed by atoms with van der Waals surface area (Å²) in [5.74, 6) is -0.164. The molecule has 0 saturated carbocycles. The second-order valence-electron chi connectivity index (χ2n) is 4.46. The first-order valence-corrected chi connectivity index (χ1v) is 6.27. The second kappa shape index (κ2) is 6.70. The average molecular weight is 328 g/mol. The molecule has 1 atom stereocenters. The number of aliphatic carboxylic acids is 1. The van der Waals surface area contributed by atoms with Gasteiger partial charge in [-0.1, -0.05) is 25.5 Å². The molecule has 0 aliphatic rings. The van der Waals surface area contributed by atoms with Crippen LogP contribution in [0.2, 0.25) is 0 Å². The summed E-state index contributed by atoms with van der Waals surface area (Å²) in [7, 11) is 0. The van der Waals surface area contributed by atoms with Crippen LogP contribution < -0.4 is 21.5 Å². The van der Waals surface area contributed by atoms with Gasteiger partial charge < -0.3 is 26.5 Å². The van der Waals surface area contributed by atoms with E-state index in [0.29, 0.717) is 12.3 Å². The molecular formula is C14H18BrNO3. The van der Waals surface area contributed by atoms with Gasteiger partial charge in [-0.15, -0.1) is 4.57 Å². The Hall–Kier alpha value is -1.36. The van der Waals surface area contributed by atoms with Crippen molar-refractivity contribution >= 4 is 17.1 Å². The van der Waals surface area contributed by atoms with Crippen molar-refractivity contribution < 1.29 is 35.9 Å². The van der Waals surface area contributed by atoms with E-state index in [-0.39, 0.29) is 17.0 Å². The minimum atomic E-state index is -0.803. The van der Waals surface area contributed by atoms with Gasteiger partial charge in [0.25, 0.3) is 11.6 Å². The van der Waals surface area contributed by atoms with Crippen LogP contribution in [-0.4, -0.2) is 11.1 Å². The fourth-order valence-corrected chi connectivity index (χ4v) is 2.27. The summed E-state index contributed by atoms with van der Waals surface area (Å²) in [6, 6.07) is 6.99. The minimum Gasteiger partial charge on any atom is -1.00 e. The van der Waals surface area contributed by atoms with E-state index in [1.807, 2.05) is 31.2 Å². The van der Waals surface area contributed by atoms with Gasteiger partial charge >= 0.3 is 11.9 Å². The van der Waals surface area contributed by atoms with E-state index in [0.717, 1.165) is 23.9 Å². The maximum atomic E-state index is 11.4. The number of oxazole rings is 1. The van der Waals surface area contributed by atoms with Crippen molar-refractivity contribution in [2.24, 2.45) is 0 Å². The quantitative estimate of drug-likeness (QED) is 0.777. The summed E-state index contributed by atoms with van der Waals surface area (Å²) in [6.45, 7) is 3.87. The molecule has 1 N–H and O–H groups in total. The lowest BCUT2D eigenvalue weighted by Gasteiger charge is -2.06. The number of aromatic nitrogens is 1. The highest BCUT2D eigenvalue weighted by molar-refractivity contribution is 5.73. The first-order valence-electron chi connectivity index (χ1n) is 6.27. The Labute approximate surface area is 122 Å². The number of rotatable bonds is 5. The molecule has 1 aromatic carbocycles. The zero-order chi connectivity index (χ0) is 13.1. The van der Waals surface area contributed by atoms with E-state index in [4.69, 9.17) is 4.42 Å². The number of aryl methyl sites for hydroxylation is 1. The van der Waals surface area contributed by atoms with Gasteiger partial charge in [-0.2, -0.15) is 0 Å². The van der Waals surface area contributed by atoms with Crippen molar-refractivity contribution in [2.45, 2.75) is 39.2 Å². The van der Waals surface area contributed by atoms with Crippen LogP contribution in [0.5, 0.6) is 0 Å². The summed E-state index contributed by atoms with van der Waals surface area (Å²) in [6.07, 6.45) is 2.50. The smallest absolute Gasteiger partial charge is 0.373 e. The lowest BCUT2D eigenvalue weighted by atomic mass is 10.1. The Kier molecular flexibility index (Phi) is 5.54. The summed E-state index contributed by atoms with van der Waals surface area (Å²) < 4.78 is 7.39. The molecule has 0 bridgehead atoms. The number of carbonyl (C=O) groups is 1. The van der Waals surface area contributed by atoms with Crippen LogP contribution in [-0.2, 0) is 4.79 Å². The average Bonchev–Trinajstić information content (AvgIpc) is 2.66. The molecule has 2 aromatic rings. The van der Waals surface area contributed by atoms with Crippen LogP contribution in [0.1, 0.15) is 38.1 Å². The third-order valence-corrected chi connectivity index (χ3v) is 3.15. The molecule has 0 spiro atoms. The van der Waals surface area contributed by atoms with Crippen LogP contribution in [0.15, 0.2) is 28.7 Å². The number of carboxylic acids is 1. The van der Waals surface area contributed by atoms with E-state index in [2.05, 4.69) is 6.92 Å². The Morgan fingerprint density at radius 1 is 1.42 bits per heavy atom. The molecule has 0 aliphatic carbocycles. The fraction of sp³-hybridized carbons (Fsp3) is 0.429. The van der Waals surface area contributed by atoms with Crippen LogP contribution in [0.3, 0.4) is 0 Å². The first-order chi connectivity index (χ1) is 8.65. The normalized spacial score (nSPS) is 12.1. The van der Waals surface area contributed by atoms with Crippen molar-refractivity contribution in [1.29, 1.82) is 0 Å². The van der Waals surface area contributed by atoms with E-state index in [1.165, 1.54) is 0 Å². The highest BCUT2D eigenvalue weighted by Gasteiger charge is 2.33. The molecule has 5 heteroatoms. The van der Waals surface area contributed by atoms with E-state index < -0.39 is 12.0 Å². The monoisotopic (exact) mass is 327 g/mol. The molecule has 1 aromatic heterocycles. The number of nitrogens with zero attached hydrogens (tertiary/aromatic N) is 1. The summed E-state index contributed by atoms with van der Waals surface area (Å²) >= 11 is 0. The minimum absolute atomic E-state index is 0. The molecule has 1 unspecified atom stereocenters. The number of halogens is 1. The molecule has 0 amide bonds. The molecule has 0 aliphatic heterocycles. The van der Waals surface area contributed by atoms with Crippen molar-refractivity contribution in [2.75, 3.05) is 0 Å². The van der Waals surface area contributed by atoms with Crippen LogP contribution in [0, 0.1) is 6.92 Å². The van der Waals surface area contributed by atoms with Crippen molar-refractivity contribution in [1.82, 2.24) is 0 Å². The zero-order valence-electron chi connectivity index (χ0n) is 11.1. The third-order valence-electron chi connectivity index (χ3n) is 3.15. The number of hydrogen-bond acceptors (Lipinski definition) is 2. The number of para-hydroxylation sites is 2. The van der Waals surface area contributed by atoms with Crippen LogP contribution in [0.25, 0.3) is 11.1 Å². The molecule has 0 fully saturated rings. The highest BCUT2D eigenvalue weighted by Crippen LogP contribution is 2.18. The summed E-state index contributed by atoms with van der Waals surface area (Å²) in [5.41, 5.74) is 1.58. The maximum absolute atomic E-state index is 11.4. The molecular weight excluding hydrogens is 310 g/mol. The Morgan fingerprint density at radius 3 is 2.74 bits per heavy atom. The Balaban J connectivity index is 0.00000180. The second-order valence-corrected chi connectivity index (χ2v) is 4.46. The number of carboxylic acid groups (broad SMARTS) is 1. The van der Waals surface area contributed by atoms with Crippen molar-refractivity contribution in [3.05, 3.63) is 30.2 Å². The molecule has 0 saturated heterocycles. The first kappa shape index (κ1) is 15.7. The topological polar surface area (TPSA) is 54.3 Å². The van der Waals surface area contributed by atoms with E-state index in [9.17, 15) is 9.90 Å². The number of benzene rings is 1. The molecule has 2 rings (SSSR count). The molecule has 1 heterocycles. The molecule has 4 nitrogen and oxygen atoms in total. The predicted octanol–water partition coefficient (Wildman–Crippen LogP) is -0.151. The molecule has 0 radical (unpaired) electrons. The van der Waals surface area contributed by atoms with Crippen LogP contribution >= 0.6 is 0 Å². The predicted molar refractivity (Wildman–Crippen MR) is 67.3 cm³/mol. The largest absolute Gasteiger partial charge is 1.00 e. The van der Waals surface area contributed by atoms with Crippen molar-refractivity contribution in [3.63, 3.8) is 0 Å². The van der Waals surface area contributed by atoms with Gasteiger partial charge in [0.2, 0.25) is 5.58 Å². The van der Waals surface area contributed by atoms with E-state index in [1.54, 1.807) is 4.57 Å². The van der Waals surface area contributed by atoms with Gasteiger partial charge in [0.1, 0.15) is 0 Å². The van der Waals surface area contributed by atoms with E-state index >= 15 is 0 Å². The lowest BCUT2D eigenvalue weighted by Crippen LogP contribution is -3.00. The number of hydrogen-bond donors (Lipinski definition) is 1. The molecule has 104 valence electrons. The zero-order valence-corrected chi connectivity index (χ0v) is 12.7. The summed E-state index contributed by atoms with van der Waals surface area (Å²) in [4.78, 5) is 11.4. The number of unbranched alkanes of at least 4 members (excludes halogenated alkanes) is 1. The Bertz CT molecular complexity index is 565. The van der Waals surface area contributed by atoms with Gasteiger partial charge in [-0.05, 0) is 12.5 Å².